The highest BCUT2D eigenvalue weighted by Gasteiger charge is 2.18. The minimum absolute atomic E-state index is 0.118. The van der Waals surface area contributed by atoms with Crippen LogP contribution in [0.25, 0.3) is 22.6 Å². The van der Waals surface area contributed by atoms with Crippen LogP contribution in [0.2, 0.25) is 0 Å². The first-order valence-corrected chi connectivity index (χ1v) is 9.12. The van der Waals surface area contributed by atoms with Crippen molar-refractivity contribution in [2.75, 3.05) is 25.5 Å². The summed E-state index contributed by atoms with van der Waals surface area (Å²) in [7, 11) is 4.08. The van der Waals surface area contributed by atoms with Crippen LogP contribution in [0.4, 0.5) is 5.69 Å². The molecule has 27 heavy (non-hydrogen) atoms. The van der Waals surface area contributed by atoms with Gasteiger partial charge in [0.2, 0.25) is 0 Å². The first-order valence-electron chi connectivity index (χ1n) is 9.12. The first-order chi connectivity index (χ1) is 13.0. The van der Waals surface area contributed by atoms with Crippen molar-refractivity contribution in [1.29, 1.82) is 0 Å². The Balaban J connectivity index is 1.67. The van der Waals surface area contributed by atoms with E-state index in [0.717, 1.165) is 30.7 Å². The molecular formula is C21H23N5O. The van der Waals surface area contributed by atoms with Crippen LogP contribution in [0, 0.1) is 12.3 Å². The summed E-state index contributed by atoms with van der Waals surface area (Å²) in [5.41, 5.74) is 3.83. The summed E-state index contributed by atoms with van der Waals surface area (Å²) in [4.78, 5) is 11.5. The summed E-state index contributed by atoms with van der Waals surface area (Å²) < 4.78 is 1.95. The van der Waals surface area contributed by atoms with E-state index in [0.29, 0.717) is 28.6 Å². The number of pyridine rings is 1. The van der Waals surface area contributed by atoms with Gasteiger partial charge in [-0.05, 0) is 50.7 Å². The van der Waals surface area contributed by atoms with Crippen molar-refractivity contribution in [3.8, 4) is 29.5 Å². The van der Waals surface area contributed by atoms with Crippen molar-refractivity contribution in [3.05, 3.63) is 36.0 Å². The molecule has 1 aliphatic heterocycles. The smallest absolute Gasteiger partial charge is 0.178 e. The van der Waals surface area contributed by atoms with Crippen molar-refractivity contribution < 1.29 is 5.11 Å². The average molecular weight is 361 g/mol. The molecule has 6 nitrogen and oxygen atoms in total. The Bertz CT molecular complexity index is 1030. The normalized spacial score (nSPS) is 17.7. The fraction of sp³-hybridized carbons (Fsp3) is 0.333. The second-order valence-corrected chi connectivity index (χ2v) is 7.18. The number of hydrogen-bond donors (Lipinski definition) is 2. The van der Waals surface area contributed by atoms with Crippen molar-refractivity contribution in [2.45, 2.75) is 18.9 Å². The molecule has 1 fully saturated rings. The number of phenols is 1. The van der Waals surface area contributed by atoms with E-state index in [2.05, 4.69) is 39.2 Å². The van der Waals surface area contributed by atoms with E-state index in [-0.39, 0.29) is 5.75 Å². The van der Waals surface area contributed by atoms with Crippen LogP contribution in [0.1, 0.15) is 18.4 Å². The van der Waals surface area contributed by atoms with E-state index in [1.54, 1.807) is 18.2 Å². The third-order valence-corrected chi connectivity index (χ3v) is 5.14. The number of nitrogens with one attached hydrogen (secondary N) is 1. The van der Waals surface area contributed by atoms with E-state index < -0.39 is 0 Å². The molecule has 4 rings (SSSR count). The van der Waals surface area contributed by atoms with Gasteiger partial charge in [-0.1, -0.05) is 5.92 Å². The zero-order chi connectivity index (χ0) is 19.0. The lowest BCUT2D eigenvalue weighted by molar-refractivity contribution is 0.261. The molecular weight excluding hydrogens is 338 g/mol. The minimum atomic E-state index is 0.118. The number of terminal acetylenes is 1. The van der Waals surface area contributed by atoms with Crippen LogP contribution >= 0.6 is 0 Å². The van der Waals surface area contributed by atoms with Gasteiger partial charge in [0.05, 0.1) is 23.0 Å². The number of aryl methyl sites for hydroxylation is 1. The summed E-state index contributed by atoms with van der Waals surface area (Å²) in [5.74, 6) is 3.30. The molecule has 2 N–H and O–H groups in total. The number of anilines is 1. The van der Waals surface area contributed by atoms with Gasteiger partial charge in [-0.2, -0.15) is 0 Å². The van der Waals surface area contributed by atoms with Crippen LogP contribution in [-0.4, -0.2) is 50.7 Å². The number of likely N-dealkylation sites (tertiary alicyclic amines) is 1. The van der Waals surface area contributed by atoms with Gasteiger partial charge < -0.3 is 19.9 Å². The summed E-state index contributed by atoms with van der Waals surface area (Å²) in [6, 6.07) is 7.67. The van der Waals surface area contributed by atoms with Crippen molar-refractivity contribution in [1.82, 2.24) is 19.4 Å². The number of imidazole rings is 1. The molecule has 3 heterocycles. The maximum Gasteiger partial charge on any atom is 0.178 e. The first kappa shape index (κ1) is 17.4. The predicted octanol–water partition coefficient (Wildman–Crippen LogP) is 2.83. The second kappa shape index (κ2) is 6.93. The lowest BCUT2D eigenvalue weighted by atomic mass is 10.1. The molecule has 138 valence electrons. The highest BCUT2D eigenvalue weighted by molar-refractivity contribution is 5.81. The predicted molar refractivity (Wildman–Crippen MR) is 108 cm³/mol. The van der Waals surface area contributed by atoms with Gasteiger partial charge in [-0.3, -0.25) is 0 Å². The molecule has 0 radical (unpaired) electrons. The van der Waals surface area contributed by atoms with Gasteiger partial charge in [0.15, 0.2) is 5.65 Å². The summed E-state index contributed by atoms with van der Waals surface area (Å²) >= 11 is 0. The number of benzene rings is 1. The SMILES string of the molecule is C#Cc1ccc(-c2nc3ncc(N[C@@H]4CCCN(C)C4)cc3n2C)c(O)c1. The van der Waals surface area contributed by atoms with Crippen LogP contribution in [0.3, 0.4) is 0 Å². The standard InChI is InChI=1S/C21H23N5O/c1-4-14-7-8-17(19(27)10-14)21-24-20-18(26(21)3)11-16(12-22-20)23-15-6-5-9-25(2)13-15/h1,7-8,10-12,15,23,27H,5-6,9,13H2,2-3H3/t15-/m1/s1. The Morgan fingerprint density at radius 3 is 2.89 bits per heavy atom. The third kappa shape index (κ3) is 3.34. The largest absolute Gasteiger partial charge is 0.507 e. The lowest BCUT2D eigenvalue weighted by Gasteiger charge is -2.30. The number of fused-ring (bicyclic) bond motifs is 1. The quantitative estimate of drug-likeness (QED) is 0.702. The van der Waals surface area contributed by atoms with Gasteiger partial charge >= 0.3 is 0 Å². The minimum Gasteiger partial charge on any atom is -0.507 e. The molecule has 1 saturated heterocycles. The molecule has 0 unspecified atom stereocenters. The number of aromatic nitrogens is 3. The lowest BCUT2D eigenvalue weighted by Crippen LogP contribution is -2.39. The Labute approximate surface area is 158 Å². The van der Waals surface area contributed by atoms with E-state index in [9.17, 15) is 5.11 Å². The Morgan fingerprint density at radius 2 is 2.15 bits per heavy atom. The van der Waals surface area contributed by atoms with Crippen LogP contribution in [0.15, 0.2) is 30.5 Å². The highest BCUT2D eigenvalue weighted by atomic mass is 16.3. The summed E-state index contributed by atoms with van der Waals surface area (Å²) in [6.07, 6.45) is 9.59. The van der Waals surface area contributed by atoms with E-state index >= 15 is 0 Å². The van der Waals surface area contributed by atoms with Gasteiger partial charge in [-0.15, -0.1) is 6.42 Å². The molecule has 0 aliphatic carbocycles. The monoisotopic (exact) mass is 361 g/mol. The van der Waals surface area contributed by atoms with Crippen LogP contribution in [0.5, 0.6) is 5.75 Å². The molecule has 0 saturated carbocycles. The van der Waals surface area contributed by atoms with E-state index in [1.807, 2.05) is 17.8 Å². The van der Waals surface area contributed by atoms with Crippen molar-refractivity contribution in [3.63, 3.8) is 0 Å². The second-order valence-electron chi connectivity index (χ2n) is 7.18. The summed E-state index contributed by atoms with van der Waals surface area (Å²) in [5, 5.41) is 13.9. The maximum absolute atomic E-state index is 10.3. The topological polar surface area (TPSA) is 66.2 Å². The van der Waals surface area contributed by atoms with Crippen molar-refractivity contribution >= 4 is 16.9 Å². The van der Waals surface area contributed by atoms with Gasteiger partial charge in [0, 0.05) is 25.2 Å². The molecule has 0 spiro atoms. The Kier molecular flexibility index (Phi) is 4.46. The number of phenolic OH excluding ortho intramolecular Hbond substituents is 1. The molecule has 6 heteroatoms. The highest BCUT2D eigenvalue weighted by Crippen LogP contribution is 2.31. The summed E-state index contributed by atoms with van der Waals surface area (Å²) in [6.45, 7) is 2.19. The van der Waals surface area contributed by atoms with E-state index in [1.165, 1.54) is 6.42 Å². The maximum atomic E-state index is 10.3. The third-order valence-electron chi connectivity index (χ3n) is 5.14. The van der Waals surface area contributed by atoms with Crippen LogP contribution < -0.4 is 5.32 Å². The molecule has 3 aromatic rings. The Morgan fingerprint density at radius 1 is 1.30 bits per heavy atom. The number of nitrogens with zero attached hydrogens (tertiary/aromatic N) is 4. The number of aromatic hydroxyl groups is 1. The number of piperidine rings is 1. The molecule has 2 aromatic heterocycles. The number of likely N-dealkylation sites (N-methyl/N-ethyl adjacent to an activating group) is 1. The molecule has 0 amide bonds. The molecule has 1 aliphatic rings. The van der Waals surface area contributed by atoms with Gasteiger partial charge in [0.1, 0.15) is 11.6 Å². The molecule has 1 aromatic carbocycles. The van der Waals surface area contributed by atoms with E-state index in [4.69, 9.17) is 6.42 Å². The van der Waals surface area contributed by atoms with Gasteiger partial charge in [-0.25, -0.2) is 9.97 Å². The van der Waals surface area contributed by atoms with Crippen molar-refractivity contribution in [2.24, 2.45) is 7.05 Å². The zero-order valence-corrected chi connectivity index (χ0v) is 15.6. The Hall–Kier alpha value is -3.04. The number of rotatable bonds is 3. The fourth-order valence-corrected chi connectivity index (χ4v) is 3.72. The zero-order valence-electron chi connectivity index (χ0n) is 15.6. The molecule has 1 atom stereocenters. The average Bonchev–Trinajstić information content (AvgIpc) is 2.98. The van der Waals surface area contributed by atoms with Crippen LogP contribution in [-0.2, 0) is 7.05 Å². The fourth-order valence-electron chi connectivity index (χ4n) is 3.72. The van der Waals surface area contributed by atoms with Gasteiger partial charge in [0.25, 0.3) is 0 Å². The number of hydrogen-bond acceptors (Lipinski definition) is 5. The molecule has 0 bridgehead atoms.